The Morgan fingerprint density at radius 3 is 2.65 bits per heavy atom. The topological polar surface area (TPSA) is 94.3 Å². The second kappa shape index (κ2) is 5.29. The molecule has 1 fully saturated rings. The molecule has 0 spiro atoms. The first kappa shape index (κ1) is 14.0. The first-order chi connectivity index (χ1) is 9.43. The van der Waals surface area contributed by atoms with E-state index in [0.717, 1.165) is 0 Å². The van der Waals surface area contributed by atoms with Crippen LogP contribution in [0.3, 0.4) is 0 Å². The second-order valence-electron chi connectivity index (χ2n) is 5.04. The molecule has 104 valence electrons. The highest BCUT2D eigenvalue weighted by Crippen LogP contribution is 2.25. The Bertz CT molecular complexity index is 600. The van der Waals surface area contributed by atoms with Crippen molar-refractivity contribution in [1.29, 1.82) is 5.26 Å². The lowest BCUT2D eigenvalue weighted by Gasteiger charge is -2.41. The molecule has 1 aromatic rings. The summed E-state index contributed by atoms with van der Waals surface area (Å²) in [7, 11) is 0. The average molecular weight is 273 g/mol. The van der Waals surface area contributed by atoms with Gasteiger partial charge in [-0.25, -0.2) is 4.98 Å². The maximum Gasteiger partial charge on any atom is 0.306 e. The van der Waals surface area contributed by atoms with Crippen molar-refractivity contribution in [3.05, 3.63) is 29.1 Å². The number of aryl methyl sites for hydroxylation is 1. The third-order valence-electron chi connectivity index (χ3n) is 3.72. The van der Waals surface area contributed by atoms with Crippen LogP contribution in [0.1, 0.15) is 28.7 Å². The molecule has 0 aromatic carbocycles. The van der Waals surface area contributed by atoms with E-state index in [1.54, 1.807) is 24.8 Å². The molecule has 1 aliphatic heterocycles. The van der Waals surface area contributed by atoms with E-state index >= 15 is 0 Å². The van der Waals surface area contributed by atoms with E-state index in [1.165, 1.54) is 6.07 Å². The third kappa shape index (κ3) is 2.48. The average Bonchev–Trinajstić information content (AvgIpc) is 2.36. The highest BCUT2D eigenvalue weighted by molar-refractivity contribution is 5.93. The summed E-state index contributed by atoms with van der Waals surface area (Å²) in [4.78, 5) is 28.7. The molecule has 0 bridgehead atoms. The molecule has 0 saturated carbocycles. The summed E-state index contributed by atoms with van der Waals surface area (Å²) in [5.74, 6) is -1.51. The number of carboxylic acids is 1. The van der Waals surface area contributed by atoms with Crippen LogP contribution in [0, 0.1) is 30.1 Å². The zero-order valence-corrected chi connectivity index (χ0v) is 11.3. The van der Waals surface area contributed by atoms with E-state index in [2.05, 4.69) is 4.98 Å². The van der Waals surface area contributed by atoms with E-state index < -0.39 is 11.9 Å². The molecule has 1 atom stereocenters. The number of carbonyl (C=O) groups is 2. The van der Waals surface area contributed by atoms with Crippen molar-refractivity contribution < 1.29 is 14.7 Å². The number of aromatic nitrogens is 1. The van der Waals surface area contributed by atoms with Gasteiger partial charge >= 0.3 is 5.97 Å². The van der Waals surface area contributed by atoms with Crippen LogP contribution in [-0.2, 0) is 4.79 Å². The van der Waals surface area contributed by atoms with E-state index in [-0.39, 0.29) is 11.8 Å². The molecule has 1 saturated heterocycles. The number of amides is 1. The highest BCUT2D eigenvalue weighted by Gasteiger charge is 2.37. The summed E-state index contributed by atoms with van der Waals surface area (Å²) in [5, 5.41) is 17.7. The number of hydrogen-bond donors (Lipinski definition) is 1. The Labute approximate surface area is 116 Å². The Hall–Kier alpha value is -2.42. The maximum absolute atomic E-state index is 12.1. The molecule has 1 amide bonds. The van der Waals surface area contributed by atoms with Crippen LogP contribution < -0.4 is 0 Å². The minimum atomic E-state index is -0.838. The summed E-state index contributed by atoms with van der Waals surface area (Å²) in [5.41, 5.74) is 1.26. The summed E-state index contributed by atoms with van der Waals surface area (Å²) in [6, 6.07) is 5.11. The molecule has 0 aliphatic carbocycles. The van der Waals surface area contributed by atoms with Gasteiger partial charge in [-0.05, 0) is 19.1 Å². The Morgan fingerprint density at radius 2 is 2.15 bits per heavy atom. The van der Waals surface area contributed by atoms with Gasteiger partial charge < -0.3 is 10.0 Å². The maximum atomic E-state index is 12.1. The predicted molar refractivity (Wildman–Crippen MR) is 69.9 cm³/mol. The van der Waals surface area contributed by atoms with Gasteiger partial charge in [0, 0.05) is 19.0 Å². The van der Waals surface area contributed by atoms with Crippen LogP contribution in [0.25, 0.3) is 0 Å². The molecule has 2 heterocycles. The Kier molecular flexibility index (Phi) is 3.70. The number of nitrogens with zero attached hydrogens (tertiary/aromatic N) is 3. The lowest BCUT2D eigenvalue weighted by atomic mass is 9.87. The number of likely N-dealkylation sites (tertiary alicyclic amines) is 1. The molecule has 1 unspecified atom stereocenters. The van der Waals surface area contributed by atoms with Crippen LogP contribution >= 0.6 is 0 Å². The second-order valence-corrected chi connectivity index (χ2v) is 5.04. The number of carboxylic acid groups (broad SMARTS) is 1. The van der Waals surface area contributed by atoms with Gasteiger partial charge in [-0.2, -0.15) is 5.26 Å². The zero-order chi connectivity index (χ0) is 14.9. The molecular formula is C14H15N3O3. The molecule has 6 heteroatoms. The molecule has 2 rings (SSSR count). The fourth-order valence-electron chi connectivity index (χ4n) is 2.16. The predicted octanol–water partition coefficient (Wildman–Crippen LogP) is 1.05. The number of aliphatic carboxylic acids is 1. The van der Waals surface area contributed by atoms with Crippen molar-refractivity contribution in [3.8, 4) is 6.07 Å². The monoisotopic (exact) mass is 273 g/mol. The molecule has 20 heavy (non-hydrogen) atoms. The Balaban J connectivity index is 2.03. The minimum Gasteiger partial charge on any atom is -0.481 e. The molecule has 0 radical (unpaired) electrons. The smallest absolute Gasteiger partial charge is 0.306 e. The molecular weight excluding hydrogens is 258 g/mol. The minimum absolute atomic E-state index is 0.00377. The SMILES string of the molecule is Cc1nc(C(=O)N2CC(C(C)C(=O)O)C2)ccc1C#N. The van der Waals surface area contributed by atoms with Crippen molar-refractivity contribution in [1.82, 2.24) is 9.88 Å². The van der Waals surface area contributed by atoms with E-state index in [9.17, 15) is 9.59 Å². The van der Waals surface area contributed by atoms with E-state index in [4.69, 9.17) is 10.4 Å². The molecule has 1 aromatic heterocycles. The molecule has 6 nitrogen and oxygen atoms in total. The number of rotatable bonds is 3. The number of carbonyl (C=O) groups excluding carboxylic acids is 1. The summed E-state index contributed by atoms with van der Waals surface area (Å²) >= 11 is 0. The van der Waals surface area contributed by atoms with Crippen LogP contribution in [0.4, 0.5) is 0 Å². The van der Waals surface area contributed by atoms with Gasteiger partial charge in [0.2, 0.25) is 0 Å². The van der Waals surface area contributed by atoms with Crippen molar-refractivity contribution in [2.75, 3.05) is 13.1 Å². The van der Waals surface area contributed by atoms with Crippen LogP contribution in [0.5, 0.6) is 0 Å². The van der Waals surface area contributed by atoms with Crippen molar-refractivity contribution in [3.63, 3.8) is 0 Å². The number of pyridine rings is 1. The van der Waals surface area contributed by atoms with Crippen molar-refractivity contribution >= 4 is 11.9 Å². The Morgan fingerprint density at radius 1 is 1.50 bits per heavy atom. The van der Waals surface area contributed by atoms with E-state index in [1.807, 2.05) is 6.07 Å². The number of nitriles is 1. The van der Waals surface area contributed by atoms with Crippen LogP contribution in [-0.4, -0.2) is 40.0 Å². The fraction of sp³-hybridized carbons (Fsp3) is 0.429. The largest absolute Gasteiger partial charge is 0.481 e. The van der Waals surface area contributed by atoms with Gasteiger partial charge in [-0.3, -0.25) is 9.59 Å². The van der Waals surface area contributed by atoms with Gasteiger partial charge in [0.1, 0.15) is 11.8 Å². The van der Waals surface area contributed by atoms with Gasteiger partial charge in [0.05, 0.1) is 17.2 Å². The normalized spacial score (nSPS) is 16.1. The molecule has 1 N–H and O–H groups in total. The lowest BCUT2D eigenvalue weighted by molar-refractivity contribution is -0.144. The van der Waals surface area contributed by atoms with Crippen molar-refractivity contribution in [2.24, 2.45) is 11.8 Å². The van der Waals surface area contributed by atoms with Crippen LogP contribution in [0.2, 0.25) is 0 Å². The summed E-state index contributed by atoms with van der Waals surface area (Å²) in [6.45, 7) is 4.21. The van der Waals surface area contributed by atoms with Gasteiger partial charge in [0.25, 0.3) is 5.91 Å². The fourth-order valence-corrected chi connectivity index (χ4v) is 2.16. The van der Waals surface area contributed by atoms with Gasteiger partial charge in [-0.1, -0.05) is 6.92 Å². The summed E-state index contributed by atoms with van der Waals surface area (Å²) in [6.07, 6.45) is 0. The standard InChI is InChI=1S/C14H15N3O3/c1-8(14(19)20)11-6-17(7-11)13(18)12-4-3-10(5-15)9(2)16-12/h3-4,8,11H,6-7H2,1-2H3,(H,19,20). The van der Waals surface area contributed by atoms with Gasteiger partial charge in [0.15, 0.2) is 0 Å². The third-order valence-corrected chi connectivity index (χ3v) is 3.72. The lowest BCUT2D eigenvalue weighted by Crippen LogP contribution is -2.53. The highest BCUT2D eigenvalue weighted by atomic mass is 16.4. The quantitative estimate of drug-likeness (QED) is 0.888. The first-order valence-corrected chi connectivity index (χ1v) is 6.34. The zero-order valence-electron chi connectivity index (χ0n) is 11.3. The van der Waals surface area contributed by atoms with Gasteiger partial charge in [-0.15, -0.1) is 0 Å². The van der Waals surface area contributed by atoms with Crippen molar-refractivity contribution in [2.45, 2.75) is 13.8 Å². The summed E-state index contributed by atoms with van der Waals surface area (Å²) < 4.78 is 0. The van der Waals surface area contributed by atoms with E-state index in [0.29, 0.717) is 30.0 Å². The molecule has 1 aliphatic rings. The first-order valence-electron chi connectivity index (χ1n) is 6.34. The number of hydrogen-bond acceptors (Lipinski definition) is 4. The van der Waals surface area contributed by atoms with Crippen LogP contribution in [0.15, 0.2) is 12.1 Å².